The Bertz CT molecular complexity index is 1350. The molecular formula is C24H21N7O. The summed E-state index contributed by atoms with van der Waals surface area (Å²) >= 11 is 0. The lowest BCUT2D eigenvalue weighted by molar-refractivity contribution is 0.102. The van der Waals surface area contributed by atoms with E-state index in [1.807, 2.05) is 24.4 Å². The van der Waals surface area contributed by atoms with Gasteiger partial charge in [0.1, 0.15) is 28.7 Å². The van der Waals surface area contributed by atoms with E-state index in [1.165, 1.54) is 25.1 Å². The Balaban J connectivity index is 1.46. The summed E-state index contributed by atoms with van der Waals surface area (Å²) in [6, 6.07) is 12.4. The number of carbonyl (C=O) groups is 1. The molecule has 4 aromatic rings. The SMILES string of the molecule is N#Cc1ccnc(NC(=O)c2ccc(-c3nc(C4CCCC4)n4ccnc(N)c34)cc2)c1. The Kier molecular flexibility index (Phi) is 5.00. The molecule has 32 heavy (non-hydrogen) atoms. The first-order chi connectivity index (χ1) is 15.6. The number of amides is 1. The van der Waals surface area contributed by atoms with Crippen molar-refractivity contribution in [3.63, 3.8) is 0 Å². The fraction of sp³-hybridized carbons (Fsp3) is 0.208. The van der Waals surface area contributed by atoms with Gasteiger partial charge in [-0.2, -0.15) is 5.26 Å². The van der Waals surface area contributed by atoms with Crippen molar-refractivity contribution in [2.75, 3.05) is 11.1 Å². The van der Waals surface area contributed by atoms with E-state index in [-0.39, 0.29) is 5.91 Å². The van der Waals surface area contributed by atoms with Crippen molar-refractivity contribution in [3.8, 4) is 17.3 Å². The molecule has 3 aromatic heterocycles. The van der Waals surface area contributed by atoms with Crippen LogP contribution in [-0.4, -0.2) is 25.3 Å². The van der Waals surface area contributed by atoms with Crippen LogP contribution in [0.25, 0.3) is 16.8 Å². The Morgan fingerprint density at radius 3 is 2.66 bits per heavy atom. The molecule has 0 unspecified atom stereocenters. The van der Waals surface area contributed by atoms with Crippen LogP contribution in [0.2, 0.25) is 0 Å². The first-order valence-electron chi connectivity index (χ1n) is 10.5. The highest BCUT2D eigenvalue weighted by molar-refractivity contribution is 6.04. The highest BCUT2D eigenvalue weighted by Gasteiger charge is 2.25. The number of nitrogens with one attached hydrogen (secondary N) is 1. The molecule has 1 aliphatic rings. The predicted molar refractivity (Wildman–Crippen MR) is 121 cm³/mol. The highest BCUT2D eigenvalue weighted by atomic mass is 16.1. The minimum absolute atomic E-state index is 0.304. The van der Waals surface area contributed by atoms with Crippen LogP contribution in [0.5, 0.6) is 0 Å². The number of nitriles is 1. The minimum Gasteiger partial charge on any atom is -0.382 e. The molecule has 1 saturated carbocycles. The molecule has 3 N–H and O–H groups in total. The summed E-state index contributed by atoms with van der Waals surface area (Å²) in [4.78, 5) is 25.9. The lowest BCUT2D eigenvalue weighted by Crippen LogP contribution is -2.12. The maximum absolute atomic E-state index is 12.6. The number of hydrogen-bond acceptors (Lipinski definition) is 6. The van der Waals surface area contributed by atoms with Gasteiger partial charge in [0.05, 0.1) is 11.6 Å². The van der Waals surface area contributed by atoms with E-state index in [9.17, 15) is 4.79 Å². The van der Waals surface area contributed by atoms with E-state index in [1.54, 1.807) is 24.4 Å². The summed E-state index contributed by atoms with van der Waals surface area (Å²) in [5.41, 5.74) is 9.57. The number of hydrogen-bond donors (Lipinski definition) is 2. The van der Waals surface area contributed by atoms with E-state index in [0.29, 0.717) is 28.7 Å². The third-order valence-corrected chi connectivity index (χ3v) is 5.88. The molecule has 3 heterocycles. The lowest BCUT2D eigenvalue weighted by atomic mass is 10.1. The summed E-state index contributed by atoms with van der Waals surface area (Å²) in [6.45, 7) is 0. The quantitative estimate of drug-likeness (QED) is 0.508. The first-order valence-corrected chi connectivity index (χ1v) is 10.5. The molecule has 8 heteroatoms. The zero-order valence-electron chi connectivity index (χ0n) is 17.3. The van der Waals surface area contributed by atoms with Crippen LogP contribution in [0.1, 0.15) is 53.3 Å². The number of rotatable bonds is 4. The average molecular weight is 423 g/mol. The smallest absolute Gasteiger partial charge is 0.256 e. The number of anilines is 2. The molecule has 0 saturated heterocycles. The predicted octanol–water partition coefficient (Wildman–Crippen LogP) is 4.16. The van der Waals surface area contributed by atoms with Gasteiger partial charge in [0.15, 0.2) is 0 Å². The molecule has 1 fully saturated rings. The Labute approximate surface area is 184 Å². The average Bonchev–Trinajstić information content (AvgIpc) is 3.48. The van der Waals surface area contributed by atoms with Gasteiger partial charge in [0.25, 0.3) is 5.91 Å². The van der Waals surface area contributed by atoms with Crippen molar-refractivity contribution in [1.29, 1.82) is 5.26 Å². The number of pyridine rings is 1. The number of carbonyl (C=O) groups excluding carboxylic acids is 1. The topological polar surface area (TPSA) is 122 Å². The van der Waals surface area contributed by atoms with Crippen molar-refractivity contribution in [3.05, 3.63) is 71.9 Å². The molecule has 0 radical (unpaired) electrons. The number of fused-ring (bicyclic) bond motifs is 1. The van der Waals surface area contributed by atoms with Crippen LogP contribution < -0.4 is 11.1 Å². The molecule has 158 valence electrons. The molecule has 5 rings (SSSR count). The summed E-state index contributed by atoms with van der Waals surface area (Å²) in [7, 11) is 0. The van der Waals surface area contributed by atoms with Crippen molar-refractivity contribution in [1.82, 2.24) is 19.4 Å². The van der Waals surface area contributed by atoms with Gasteiger partial charge in [0.2, 0.25) is 0 Å². The van der Waals surface area contributed by atoms with Gasteiger partial charge in [-0.05, 0) is 37.1 Å². The molecule has 1 aromatic carbocycles. The van der Waals surface area contributed by atoms with E-state index in [0.717, 1.165) is 35.4 Å². The highest BCUT2D eigenvalue weighted by Crippen LogP contribution is 2.37. The van der Waals surface area contributed by atoms with Crippen LogP contribution in [0, 0.1) is 11.3 Å². The van der Waals surface area contributed by atoms with Crippen molar-refractivity contribution in [2.24, 2.45) is 0 Å². The third kappa shape index (κ3) is 3.54. The van der Waals surface area contributed by atoms with Crippen LogP contribution in [-0.2, 0) is 0 Å². The van der Waals surface area contributed by atoms with Gasteiger partial charge in [-0.25, -0.2) is 15.0 Å². The number of nitrogens with two attached hydrogens (primary N) is 1. The molecule has 0 bridgehead atoms. The van der Waals surface area contributed by atoms with Gasteiger partial charge in [0, 0.05) is 35.6 Å². The van der Waals surface area contributed by atoms with E-state index in [4.69, 9.17) is 16.0 Å². The van der Waals surface area contributed by atoms with E-state index >= 15 is 0 Å². The van der Waals surface area contributed by atoms with Crippen LogP contribution >= 0.6 is 0 Å². The second-order valence-corrected chi connectivity index (χ2v) is 7.90. The molecule has 0 aliphatic heterocycles. The Hall–Kier alpha value is -4.25. The molecular weight excluding hydrogens is 402 g/mol. The maximum Gasteiger partial charge on any atom is 0.256 e. The van der Waals surface area contributed by atoms with Crippen molar-refractivity contribution < 1.29 is 4.79 Å². The second kappa shape index (κ2) is 8.12. The van der Waals surface area contributed by atoms with Gasteiger partial charge in [-0.15, -0.1) is 0 Å². The normalized spacial score (nSPS) is 13.8. The van der Waals surface area contributed by atoms with Gasteiger partial charge < -0.3 is 11.1 Å². The Morgan fingerprint density at radius 2 is 1.91 bits per heavy atom. The number of imidazole rings is 1. The zero-order valence-corrected chi connectivity index (χ0v) is 17.3. The van der Waals surface area contributed by atoms with E-state index < -0.39 is 0 Å². The summed E-state index contributed by atoms with van der Waals surface area (Å²) < 4.78 is 2.06. The van der Waals surface area contributed by atoms with E-state index in [2.05, 4.69) is 19.7 Å². The van der Waals surface area contributed by atoms with Crippen molar-refractivity contribution >= 4 is 23.1 Å². The minimum atomic E-state index is -0.304. The monoisotopic (exact) mass is 423 g/mol. The van der Waals surface area contributed by atoms with Crippen LogP contribution in [0.3, 0.4) is 0 Å². The summed E-state index contributed by atoms with van der Waals surface area (Å²) in [5, 5.41) is 11.7. The zero-order chi connectivity index (χ0) is 22.1. The van der Waals surface area contributed by atoms with Crippen LogP contribution in [0.15, 0.2) is 55.0 Å². The maximum atomic E-state index is 12.6. The van der Waals surface area contributed by atoms with Gasteiger partial charge in [-0.3, -0.25) is 9.20 Å². The number of nitrogen functional groups attached to an aromatic ring is 1. The fourth-order valence-electron chi connectivity index (χ4n) is 4.30. The third-order valence-electron chi connectivity index (χ3n) is 5.88. The van der Waals surface area contributed by atoms with Gasteiger partial charge in [-0.1, -0.05) is 25.0 Å². The second-order valence-electron chi connectivity index (χ2n) is 7.90. The molecule has 0 atom stereocenters. The molecule has 8 nitrogen and oxygen atoms in total. The lowest BCUT2D eigenvalue weighted by Gasteiger charge is -2.07. The molecule has 0 spiro atoms. The number of aromatic nitrogens is 4. The number of nitrogens with zero attached hydrogens (tertiary/aromatic N) is 5. The fourth-order valence-corrected chi connectivity index (χ4v) is 4.30. The summed E-state index contributed by atoms with van der Waals surface area (Å²) in [6.07, 6.45) is 9.79. The standard InChI is InChI=1S/C24H21N7O/c25-14-15-9-10-27-19(13-15)29-24(32)18-7-5-16(6-8-18)20-21-22(26)28-11-12-31(21)23(30-20)17-3-1-2-4-17/h5-13,17H,1-4H2,(H2,26,28)(H,27,29,32). The van der Waals surface area contributed by atoms with Crippen LogP contribution in [0.4, 0.5) is 11.6 Å². The summed E-state index contributed by atoms with van der Waals surface area (Å²) in [5.74, 6) is 1.90. The Morgan fingerprint density at radius 1 is 1.12 bits per heavy atom. The molecule has 1 amide bonds. The number of benzene rings is 1. The van der Waals surface area contributed by atoms with Gasteiger partial charge >= 0.3 is 0 Å². The largest absolute Gasteiger partial charge is 0.382 e. The molecule has 1 aliphatic carbocycles. The van der Waals surface area contributed by atoms with Crippen molar-refractivity contribution in [2.45, 2.75) is 31.6 Å². The first kappa shape index (κ1) is 19.7.